The first-order valence-electron chi connectivity index (χ1n) is 29.2. The number of rotatable bonds is 17. The van der Waals surface area contributed by atoms with Gasteiger partial charge in [0.1, 0.15) is 24.7 Å². The van der Waals surface area contributed by atoms with Gasteiger partial charge in [0.2, 0.25) is 0 Å². The van der Waals surface area contributed by atoms with Crippen LogP contribution < -0.4 is 19.3 Å². The van der Waals surface area contributed by atoms with Gasteiger partial charge in [-0.15, -0.1) is 0 Å². The Morgan fingerprint density at radius 1 is 0.295 bits per heavy atom. The third kappa shape index (κ3) is 9.24. The molecular weight excluding hydrogens is 1100 g/mol. The van der Waals surface area contributed by atoms with Gasteiger partial charge in [0, 0.05) is 46.3 Å². The normalized spacial score (nSPS) is 15.1. The molecule has 8 heteroatoms. The molecule has 14 rings (SSSR count). The Labute approximate surface area is 509 Å². The van der Waals surface area contributed by atoms with E-state index in [0.717, 1.165) is 113 Å². The van der Waals surface area contributed by atoms with Crippen molar-refractivity contribution in [1.82, 2.24) is 0 Å². The molecule has 12 aromatic carbocycles. The number of anilines is 6. The van der Waals surface area contributed by atoms with Crippen molar-refractivity contribution in [3.8, 4) is 44.9 Å². The molecule has 2 atom stereocenters. The molecule has 0 amide bonds. The summed E-state index contributed by atoms with van der Waals surface area (Å²) in [4.78, 5) is 3.91. The van der Waals surface area contributed by atoms with Gasteiger partial charge in [0.15, 0.2) is 23.3 Å². The van der Waals surface area contributed by atoms with E-state index in [9.17, 15) is 8.78 Å². The molecule has 0 saturated heterocycles. The SMILES string of the molecule is C=CCOc1ccc(C2(c3ccccc3)c3ccccc3-c3ccc(N(c4ccc(-c5ccc(N(c6ccc(F)c(F)c6)c6ccc7c(c6)C(c6ccccc6)(c6ccc(OCC=C)cc6)c6ccccc6-7)cc5)cc4)c4ccc(F)c(F)c4)cc32)cc1. The third-order valence-electron chi connectivity index (χ3n) is 17.2. The number of hydrogen-bond donors (Lipinski definition) is 0. The van der Waals surface area contributed by atoms with Crippen LogP contribution in [0, 0.1) is 23.3 Å². The number of benzene rings is 12. The zero-order valence-electron chi connectivity index (χ0n) is 47.8. The van der Waals surface area contributed by atoms with Gasteiger partial charge >= 0.3 is 0 Å². The van der Waals surface area contributed by atoms with Crippen LogP contribution in [0.15, 0.2) is 304 Å². The maximum absolute atomic E-state index is 15.5. The van der Waals surface area contributed by atoms with E-state index in [1.165, 1.54) is 12.1 Å². The van der Waals surface area contributed by atoms with Gasteiger partial charge in [-0.1, -0.05) is 195 Å². The molecule has 88 heavy (non-hydrogen) atoms. The summed E-state index contributed by atoms with van der Waals surface area (Å²) in [7, 11) is 0. The van der Waals surface area contributed by atoms with Crippen LogP contribution in [-0.2, 0) is 10.8 Å². The first kappa shape index (κ1) is 54.9. The second-order valence-corrected chi connectivity index (χ2v) is 22.0. The number of nitrogens with zero attached hydrogens (tertiary/aromatic N) is 2. The summed E-state index contributed by atoms with van der Waals surface area (Å²) in [6.07, 6.45) is 3.44. The Morgan fingerprint density at radius 2 is 0.614 bits per heavy atom. The molecule has 0 bridgehead atoms. The summed E-state index contributed by atoms with van der Waals surface area (Å²) in [5.74, 6) is -2.38. The van der Waals surface area contributed by atoms with Crippen LogP contribution in [0.25, 0.3) is 33.4 Å². The highest BCUT2D eigenvalue weighted by molar-refractivity contribution is 5.92. The lowest BCUT2D eigenvalue weighted by molar-refractivity contribution is 0.363. The molecular formula is C80H56F4N2O2. The standard InChI is InChI=1S/C80H56F4N2O2/c1-3-47-87-65-39-27-57(28-40-65)79(55-15-7-5-8-16-55)71-21-13-11-19-67(71)69-43-35-61(49-73(69)79)85(63-37-45-75(81)77(83)51-63)59-31-23-53(24-32-59)54-25-33-60(34-26-54)86(64-38-46-76(82)78(84)52-64)62-36-44-70-68-20-12-14-22-72(68)80(74(70)50-62,56-17-9-6-10-18-56)58-29-41-66(42-30-58)88-48-4-2/h3-46,49-52H,1-2,47-48H2. The van der Waals surface area contributed by atoms with Crippen LogP contribution in [0.4, 0.5) is 51.7 Å². The Hall–Kier alpha value is -11.0. The number of halogens is 4. The van der Waals surface area contributed by atoms with E-state index in [1.807, 2.05) is 107 Å². The molecule has 2 unspecified atom stereocenters. The van der Waals surface area contributed by atoms with E-state index in [-0.39, 0.29) is 0 Å². The Balaban J connectivity index is 0.858. The topological polar surface area (TPSA) is 24.9 Å². The Morgan fingerprint density at radius 3 is 0.989 bits per heavy atom. The second kappa shape index (κ2) is 22.8. The van der Waals surface area contributed by atoms with E-state index in [2.05, 4.69) is 159 Å². The average Bonchev–Trinajstić information content (AvgIpc) is 1.56. The van der Waals surface area contributed by atoms with Crippen molar-refractivity contribution in [2.75, 3.05) is 23.0 Å². The monoisotopic (exact) mass is 1150 g/mol. The summed E-state index contributed by atoms with van der Waals surface area (Å²) in [6, 6.07) is 90.9. The molecule has 426 valence electrons. The van der Waals surface area contributed by atoms with Crippen molar-refractivity contribution in [2.24, 2.45) is 0 Å². The van der Waals surface area contributed by atoms with Gasteiger partial charge in [-0.3, -0.25) is 0 Å². The fraction of sp³-hybridized carbons (Fsp3) is 0.0500. The zero-order chi connectivity index (χ0) is 59.9. The minimum absolute atomic E-state index is 0.377. The number of ether oxygens (including phenoxy) is 2. The predicted octanol–water partition coefficient (Wildman–Crippen LogP) is 20.7. The van der Waals surface area contributed by atoms with E-state index >= 15 is 8.78 Å². The minimum atomic E-state index is -0.969. The highest BCUT2D eigenvalue weighted by Crippen LogP contribution is 2.59. The fourth-order valence-corrected chi connectivity index (χ4v) is 13.4. The summed E-state index contributed by atoms with van der Waals surface area (Å²) in [5.41, 5.74) is 16.8. The van der Waals surface area contributed by atoms with Crippen LogP contribution in [0.5, 0.6) is 11.5 Å². The third-order valence-corrected chi connectivity index (χ3v) is 17.2. The van der Waals surface area contributed by atoms with Crippen molar-refractivity contribution in [2.45, 2.75) is 10.8 Å². The quantitative estimate of drug-likeness (QED) is 0.0670. The van der Waals surface area contributed by atoms with Gasteiger partial charge in [-0.25, -0.2) is 17.6 Å². The molecule has 0 saturated carbocycles. The van der Waals surface area contributed by atoms with Crippen molar-refractivity contribution >= 4 is 34.1 Å². The Kier molecular flexibility index (Phi) is 14.2. The fourth-order valence-electron chi connectivity index (χ4n) is 13.4. The van der Waals surface area contributed by atoms with Crippen LogP contribution in [0.3, 0.4) is 0 Å². The van der Waals surface area contributed by atoms with Crippen LogP contribution >= 0.6 is 0 Å². The lowest BCUT2D eigenvalue weighted by atomic mass is 9.67. The molecule has 0 aliphatic heterocycles. The predicted molar refractivity (Wildman–Crippen MR) is 347 cm³/mol. The maximum Gasteiger partial charge on any atom is 0.160 e. The summed E-state index contributed by atoms with van der Waals surface area (Å²) in [5, 5.41) is 0. The molecule has 0 fully saturated rings. The van der Waals surface area contributed by atoms with E-state index < -0.39 is 34.1 Å². The molecule has 2 aliphatic rings. The van der Waals surface area contributed by atoms with E-state index in [4.69, 9.17) is 9.47 Å². The van der Waals surface area contributed by atoms with Gasteiger partial charge in [0.05, 0.1) is 10.8 Å². The van der Waals surface area contributed by atoms with Gasteiger partial charge in [-0.2, -0.15) is 0 Å². The molecule has 4 nitrogen and oxygen atoms in total. The van der Waals surface area contributed by atoms with Crippen LogP contribution in [-0.4, -0.2) is 13.2 Å². The lowest BCUT2D eigenvalue weighted by Crippen LogP contribution is -2.28. The van der Waals surface area contributed by atoms with Crippen molar-refractivity contribution < 1.29 is 27.0 Å². The minimum Gasteiger partial charge on any atom is -0.490 e. The molecule has 0 N–H and O–H groups in total. The van der Waals surface area contributed by atoms with Crippen molar-refractivity contribution in [1.29, 1.82) is 0 Å². The molecule has 12 aromatic rings. The summed E-state index contributed by atoms with van der Waals surface area (Å²) in [6.45, 7) is 8.40. The highest BCUT2D eigenvalue weighted by Gasteiger charge is 2.48. The number of hydrogen-bond acceptors (Lipinski definition) is 4. The molecule has 0 aromatic heterocycles. The van der Waals surface area contributed by atoms with Gasteiger partial charge < -0.3 is 19.3 Å². The smallest absolute Gasteiger partial charge is 0.160 e. The van der Waals surface area contributed by atoms with Gasteiger partial charge in [-0.05, 0) is 175 Å². The van der Waals surface area contributed by atoms with Crippen LogP contribution in [0.1, 0.15) is 44.5 Å². The molecule has 0 spiro atoms. The van der Waals surface area contributed by atoms with E-state index in [0.29, 0.717) is 36.0 Å². The Bertz CT molecular complexity index is 4300. The molecule has 0 heterocycles. The first-order chi connectivity index (χ1) is 43.2. The maximum atomic E-state index is 15.5. The molecule has 2 aliphatic carbocycles. The average molecular weight is 1150 g/mol. The zero-order valence-corrected chi connectivity index (χ0v) is 47.8. The number of fused-ring (bicyclic) bond motifs is 6. The highest BCUT2D eigenvalue weighted by atomic mass is 19.2. The largest absolute Gasteiger partial charge is 0.490 e. The second-order valence-electron chi connectivity index (χ2n) is 22.0. The summed E-state index contributed by atoms with van der Waals surface area (Å²) < 4.78 is 72.8. The lowest BCUT2D eigenvalue weighted by Gasteiger charge is -2.35. The van der Waals surface area contributed by atoms with E-state index in [1.54, 1.807) is 24.3 Å². The van der Waals surface area contributed by atoms with Crippen molar-refractivity contribution in [3.63, 3.8) is 0 Å². The van der Waals surface area contributed by atoms with Crippen molar-refractivity contribution in [3.05, 3.63) is 372 Å². The molecule has 0 radical (unpaired) electrons. The first-order valence-corrected chi connectivity index (χ1v) is 29.2. The van der Waals surface area contributed by atoms with Crippen LogP contribution in [0.2, 0.25) is 0 Å². The summed E-state index contributed by atoms with van der Waals surface area (Å²) >= 11 is 0. The van der Waals surface area contributed by atoms with Gasteiger partial charge in [0.25, 0.3) is 0 Å².